The number of hydrogen-bond donors (Lipinski definition) is 1. The zero-order valence-corrected chi connectivity index (χ0v) is 31.8. The Kier molecular flexibility index (Phi) is 9.15. The number of nitrogens with two attached hydrogens (primary N) is 1. The van der Waals surface area contributed by atoms with Crippen LogP contribution in [-0.2, 0) is 30.5 Å². The van der Waals surface area contributed by atoms with E-state index in [9.17, 15) is 14.4 Å². The van der Waals surface area contributed by atoms with Crippen LogP contribution < -0.4 is 5.73 Å². The minimum Gasteiger partial charge on any atom is -0.461 e. The Bertz CT molecular complexity index is 1500. The predicted octanol–water partition coefficient (Wildman–Crippen LogP) is 9.00. The highest BCUT2D eigenvalue weighted by atomic mass is 16.5. The van der Waals surface area contributed by atoms with Gasteiger partial charge in [-0.1, -0.05) is 97.7 Å². The first-order valence-electron chi connectivity index (χ1n) is 19.3. The molecule has 0 bridgehead atoms. The number of allylic oxidation sites excluding steroid dienone is 2. The van der Waals surface area contributed by atoms with Crippen LogP contribution in [0.15, 0.2) is 42.0 Å². The topological polar surface area (TPSA) is 95.7 Å². The number of ether oxygens (including phenoxy) is 2. The average molecular weight is 674 g/mol. The van der Waals surface area contributed by atoms with Gasteiger partial charge in [-0.15, -0.1) is 0 Å². The van der Waals surface area contributed by atoms with E-state index in [-0.39, 0.29) is 81.2 Å². The van der Waals surface area contributed by atoms with Crippen LogP contribution in [0.1, 0.15) is 132 Å². The van der Waals surface area contributed by atoms with E-state index in [4.69, 9.17) is 15.2 Å². The monoisotopic (exact) mass is 673 g/mol. The van der Waals surface area contributed by atoms with Gasteiger partial charge in [-0.25, -0.2) is 0 Å². The minimum atomic E-state index is -0.614. The second-order valence-electron chi connectivity index (χ2n) is 19.0. The van der Waals surface area contributed by atoms with Crippen LogP contribution in [0, 0.1) is 56.2 Å². The van der Waals surface area contributed by atoms with Crippen LogP contribution in [0.25, 0.3) is 0 Å². The lowest BCUT2D eigenvalue weighted by Crippen LogP contribution is -2.67. The van der Waals surface area contributed by atoms with Crippen LogP contribution in [0.5, 0.6) is 0 Å². The zero-order chi connectivity index (χ0) is 35.8. The van der Waals surface area contributed by atoms with Gasteiger partial charge in [-0.05, 0) is 116 Å². The summed E-state index contributed by atoms with van der Waals surface area (Å²) in [4.78, 5) is 41.7. The van der Waals surface area contributed by atoms with Crippen molar-refractivity contribution in [2.24, 2.45) is 61.9 Å². The van der Waals surface area contributed by atoms with Crippen LogP contribution >= 0.6 is 0 Å². The molecular weight excluding hydrogens is 610 g/mol. The molecule has 5 aliphatic carbocycles. The lowest BCUT2D eigenvalue weighted by molar-refractivity contribution is -0.212. The van der Waals surface area contributed by atoms with Crippen molar-refractivity contribution < 1.29 is 23.9 Å². The molecule has 4 fully saturated rings. The van der Waals surface area contributed by atoms with Gasteiger partial charge in [-0.2, -0.15) is 0 Å². The Balaban J connectivity index is 1.28. The van der Waals surface area contributed by atoms with Gasteiger partial charge >= 0.3 is 11.9 Å². The molecule has 270 valence electrons. The van der Waals surface area contributed by atoms with Crippen molar-refractivity contribution in [3.63, 3.8) is 0 Å². The maximum atomic E-state index is 14.8. The lowest BCUT2D eigenvalue weighted by Gasteiger charge is -2.70. The number of benzene rings is 1. The summed E-state index contributed by atoms with van der Waals surface area (Å²) in [5, 5.41) is 0. The Morgan fingerprint density at radius 2 is 1.59 bits per heavy atom. The minimum absolute atomic E-state index is 0.0647. The Hall–Kier alpha value is -2.47. The fourth-order valence-electron chi connectivity index (χ4n) is 12.2. The predicted molar refractivity (Wildman–Crippen MR) is 193 cm³/mol. The molecule has 0 saturated heterocycles. The van der Waals surface area contributed by atoms with Crippen molar-refractivity contribution in [3.8, 4) is 0 Å². The van der Waals surface area contributed by atoms with Crippen LogP contribution in [0.3, 0.4) is 0 Å². The Morgan fingerprint density at radius 1 is 0.918 bits per heavy atom. The molecule has 2 N–H and O–H groups in total. The molecule has 4 saturated carbocycles. The van der Waals surface area contributed by atoms with Gasteiger partial charge in [0.15, 0.2) is 5.78 Å². The number of carbonyl (C=O) groups is 3. The SMILES string of the molecule is CC[C@H](C)[C@H](N)C(=O)O[C@H]1CC[C@]2(C)[C@H]3C(=O)C=C4[C@@H]5C[C@@](C)(C(=O)OCc6ccccc6)CC[C@]5(C)CC[C@@]4(C)[C@]3(C)CC[C@H]2C1(C)C. The molecule has 1 aromatic carbocycles. The molecular formula is C43H63NO5. The van der Waals surface area contributed by atoms with Gasteiger partial charge in [0, 0.05) is 11.3 Å². The van der Waals surface area contributed by atoms with E-state index in [0.29, 0.717) is 0 Å². The smallest absolute Gasteiger partial charge is 0.323 e. The van der Waals surface area contributed by atoms with E-state index in [1.54, 1.807) is 0 Å². The molecule has 6 heteroatoms. The average Bonchev–Trinajstić information content (AvgIpc) is 3.06. The summed E-state index contributed by atoms with van der Waals surface area (Å²) in [7, 11) is 0. The van der Waals surface area contributed by atoms with E-state index in [1.165, 1.54) is 5.57 Å². The number of hydrogen-bond acceptors (Lipinski definition) is 6. The van der Waals surface area contributed by atoms with Crippen LogP contribution in [-0.4, -0.2) is 29.9 Å². The number of ketones is 1. The quantitative estimate of drug-likeness (QED) is 0.290. The van der Waals surface area contributed by atoms with Crippen molar-refractivity contribution >= 4 is 17.7 Å². The summed E-state index contributed by atoms with van der Waals surface area (Å²) in [5.74, 6) is 0.257. The highest BCUT2D eigenvalue weighted by molar-refractivity contribution is 5.95. The first kappa shape index (κ1) is 36.3. The maximum absolute atomic E-state index is 14.8. The molecule has 0 aliphatic heterocycles. The van der Waals surface area contributed by atoms with Gasteiger partial charge < -0.3 is 15.2 Å². The van der Waals surface area contributed by atoms with Gasteiger partial charge in [0.25, 0.3) is 0 Å². The van der Waals surface area contributed by atoms with Crippen molar-refractivity contribution in [2.75, 3.05) is 0 Å². The highest BCUT2D eigenvalue weighted by Crippen LogP contribution is 2.75. The van der Waals surface area contributed by atoms with E-state index in [2.05, 4.69) is 61.5 Å². The third-order valence-corrected chi connectivity index (χ3v) is 16.0. The number of rotatable bonds is 7. The van der Waals surface area contributed by atoms with Gasteiger partial charge in [0.05, 0.1) is 5.41 Å². The Morgan fingerprint density at radius 3 is 2.27 bits per heavy atom. The third kappa shape index (κ3) is 5.56. The van der Waals surface area contributed by atoms with Crippen molar-refractivity contribution in [1.29, 1.82) is 0 Å². The first-order chi connectivity index (χ1) is 22.9. The summed E-state index contributed by atoms with van der Waals surface area (Å²) in [6.07, 6.45) is 11.0. The summed E-state index contributed by atoms with van der Waals surface area (Å²) in [5.41, 5.74) is 7.28. The number of carbonyl (C=O) groups excluding carboxylic acids is 3. The summed E-state index contributed by atoms with van der Waals surface area (Å²) in [6, 6.07) is 9.29. The molecule has 0 unspecified atom stereocenters. The molecule has 49 heavy (non-hydrogen) atoms. The van der Waals surface area contributed by atoms with E-state index < -0.39 is 11.5 Å². The number of esters is 2. The fourth-order valence-corrected chi connectivity index (χ4v) is 12.2. The molecule has 0 heterocycles. The van der Waals surface area contributed by atoms with Crippen molar-refractivity contribution in [3.05, 3.63) is 47.5 Å². The van der Waals surface area contributed by atoms with Crippen LogP contribution in [0.2, 0.25) is 0 Å². The highest BCUT2D eigenvalue weighted by Gasteiger charge is 2.70. The molecule has 0 radical (unpaired) electrons. The number of fused-ring (bicyclic) bond motifs is 7. The molecule has 5 aliphatic rings. The summed E-state index contributed by atoms with van der Waals surface area (Å²) >= 11 is 0. The van der Waals surface area contributed by atoms with Crippen molar-refractivity contribution in [1.82, 2.24) is 0 Å². The van der Waals surface area contributed by atoms with Gasteiger partial charge in [0.1, 0.15) is 18.8 Å². The van der Waals surface area contributed by atoms with Gasteiger partial charge in [-0.3, -0.25) is 14.4 Å². The molecule has 0 aromatic heterocycles. The first-order valence-corrected chi connectivity index (χ1v) is 19.3. The molecule has 1 aromatic rings. The largest absolute Gasteiger partial charge is 0.461 e. The lowest BCUT2D eigenvalue weighted by atomic mass is 9.33. The van der Waals surface area contributed by atoms with E-state index in [1.807, 2.05) is 37.3 Å². The zero-order valence-electron chi connectivity index (χ0n) is 31.8. The second kappa shape index (κ2) is 12.3. The molecule has 0 amide bonds. The standard InChI is InChI=1S/C43H63NO5/c1-10-27(2)34(44)36(46)49-33-17-18-41(7)32(38(33,3)4)16-19-43(9)35(41)31(45)24-29-30-25-40(6,21-20-39(30,5)22-23-42(29,43)8)37(47)48-26-28-14-12-11-13-15-28/h11-15,24,27,30,32-35H,10,16-23,25-26,44H2,1-9H3/t27-,30-,32-,33-,34-,35+,39+,40-,41-,42+,43+/m0/s1. The van der Waals surface area contributed by atoms with E-state index >= 15 is 0 Å². The van der Waals surface area contributed by atoms with Crippen molar-refractivity contribution in [2.45, 2.75) is 145 Å². The van der Waals surface area contributed by atoms with E-state index in [0.717, 1.165) is 69.8 Å². The normalized spacial score (nSPS) is 42.2. The summed E-state index contributed by atoms with van der Waals surface area (Å²) < 4.78 is 12.2. The van der Waals surface area contributed by atoms with Crippen LogP contribution in [0.4, 0.5) is 0 Å². The molecule has 0 spiro atoms. The Labute approximate surface area is 295 Å². The second-order valence-corrected chi connectivity index (χ2v) is 19.0. The van der Waals surface area contributed by atoms with Gasteiger partial charge in [0.2, 0.25) is 0 Å². The maximum Gasteiger partial charge on any atom is 0.323 e. The molecule has 6 nitrogen and oxygen atoms in total. The summed E-state index contributed by atoms with van der Waals surface area (Å²) in [6.45, 7) is 20.6. The third-order valence-electron chi connectivity index (χ3n) is 16.0. The molecule has 11 atom stereocenters. The molecule has 6 rings (SSSR count). The fraction of sp³-hybridized carbons (Fsp3) is 0.744.